The molecule has 0 rings (SSSR count). The molecule has 0 aromatic carbocycles. The average molecular weight is 321 g/mol. The molecule has 1 N–H and O–H groups in total. The minimum Gasteiger partial charge on any atom is 1.00 e. The van der Waals surface area contributed by atoms with Gasteiger partial charge in [-0.3, -0.25) is 9.00 Å². The monoisotopic (exact) mass is 319 g/mol. The van der Waals surface area contributed by atoms with Gasteiger partial charge in [0.05, 0.1) is 0 Å². The fraction of sp³-hybridized carbons (Fsp3) is 0.500. The zero-order chi connectivity index (χ0) is 9.86. The molecule has 5 nitrogen and oxygen atoms in total. The first-order valence-corrected chi connectivity index (χ1v) is 5.25. The fourth-order valence-corrected chi connectivity index (χ4v) is 0. The van der Waals surface area contributed by atoms with E-state index in [4.69, 9.17) is 23.2 Å². The second-order valence-corrected chi connectivity index (χ2v) is 2.73. The van der Waals surface area contributed by atoms with Crippen molar-refractivity contribution in [3.63, 3.8) is 0 Å². The summed E-state index contributed by atoms with van der Waals surface area (Å²) in [5.41, 5.74) is 0. The van der Waals surface area contributed by atoms with Crippen molar-refractivity contribution in [1.29, 1.82) is 0 Å². The van der Waals surface area contributed by atoms with E-state index in [9.17, 15) is 0 Å². The summed E-state index contributed by atoms with van der Waals surface area (Å²) in [7, 11) is 9.34. The summed E-state index contributed by atoms with van der Waals surface area (Å²) in [6, 6.07) is 0. The van der Waals surface area contributed by atoms with Crippen LogP contribution in [0.1, 0.15) is 6.92 Å². The predicted octanol–water partition coefficient (Wildman–Crippen LogP) is -5.53. The standard InChI is InChI=1S/C2H4O2.2ClH.Cu.2Na.H2O3S/c1-2(3)4;;;;;;1-4(2)3/h1H3,(H,3,4);2*1H;;;;(H2,1,2,3)/q;;;+2;2*+1;/p-4. The van der Waals surface area contributed by atoms with E-state index in [0.717, 1.165) is 20.1 Å². The van der Waals surface area contributed by atoms with Crippen molar-refractivity contribution in [2.75, 3.05) is 0 Å². The first kappa shape index (κ1) is 29.6. The Bertz CT molecular complexity index is 98.7. The van der Waals surface area contributed by atoms with Crippen LogP contribution in [0.3, 0.4) is 0 Å². The van der Waals surface area contributed by atoms with Gasteiger partial charge in [0.1, 0.15) is 0 Å². The van der Waals surface area contributed by atoms with Crippen molar-refractivity contribution in [2.24, 2.45) is 0 Å². The van der Waals surface area contributed by atoms with E-state index in [1.165, 1.54) is 0 Å². The normalized spacial score (nSPS) is 6.31. The zero-order valence-electron chi connectivity index (χ0n) is 7.05. The largest absolute Gasteiger partial charge is 1.00 e. The molecule has 0 aliphatic rings. The van der Waals surface area contributed by atoms with E-state index in [2.05, 4.69) is 20.2 Å². The number of carboxylic acid groups (broad SMARTS) is 1. The van der Waals surface area contributed by atoms with Gasteiger partial charge in [-0.25, -0.2) is 0 Å². The number of hydrogen-bond donors (Lipinski definition) is 1. The van der Waals surface area contributed by atoms with Gasteiger partial charge in [0, 0.05) is 6.92 Å². The van der Waals surface area contributed by atoms with Gasteiger partial charge in [0.25, 0.3) is 5.97 Å². The Morgan fingerprint density at radius 3 is 1.38 bits per heavy atom. The van der Waals surface area contributed by atoms with Gasteiger partial charge in [-0.1, -0.05) is 0 Å². The molecule has 0 amide bonds. The molecule has 0 aromatic rings. The Morgan fingerprint density at radius 1 is 1.38 bits per heavy atom. The number of carboxylic acids is 1. The first-order chi connectivity index (χ1) is 4.88. The van der Waals surface area contributed by atoms with Gasteiger partial charge in [0.15, 0.2) is 0 Å². The molecule has 0 fully saturated rings. The third-order valence-corrected chi connectivity index (χ3v) is 0. The minimum atomic E-state index is -3.11. The average Bonchev–Trinajstić information content (AvgIpc) is 1.60. The first-order valence-electron chi connectivity index (χ1n) is 1.66. The van der Waals surface area contributed by atoms with Crippen molar-refractivity contribution in [1.82, 2.24) is 0 Å². The van der Waals surface area contributed by atoms with Crippen LogP contribution < -0.4 is 59.1 Å². The molecule has 0 unspecified atom stereocenters. The maximum Gasteiger partial charge on any atom is 1.00 e. The van der Waals surface area contributed by atoms with Gasteiger partial charge in [-0.05, 0) is 0 Å². The van der Waals surface area contributed by atoms with E-state index in [0.29, 0.717) is 0 Å². The SMILES string of the molecule is CC(=O)O.O=S([O-])[O-].[Cl][Cu][Cl].[Na+].[Na+]. The molecule has 0 aromatic heterocycles. The second kappa shape index (κ2) is 29.3. The Morgan fingerprint density at radius 2 is 1.38 bits per heavy atom. The van der Waals surface area contributed by atoms with Crippen LogP contribution in [-0.4, -0.2) is 24.4 Å². The number of rotatable bonds is 0. The summed E-state index contributed by atoms with van der Waals surface area (Å²) in [5.74, 6) is -0.833. The molecule has 0 radical (unpaired) electrons. The van der Waals surface area contributed by atoms with Crippen LogP contribution in [0.2, 0.25) is 0 Å². The van der Waals surface area contributed by atoms with Crippen LogP contribution in [0, 0.1) is 0 Å². The molecular weight excluding hydrogens is 317 g/mol. The predicted molar refractivity (Wildman–Crippen MR) is 34.7 cm³/mol. The smallest absolute Gasteiger partial charge is 1.00 e. The summed E-state index contributed by atoms with van der Waals surface area (Å²) in [6.07, 6.45) is 0. The number of halogens is 2. The molecule has 75 valence electrons. The molecule has 13 heavy (non-hydrogen) atoms. The van der Waals surface area contributed by atoms with Crippen LogP contribution >= 0.6 is 20.2 Å². The Kier molecular flexibility index (Phi) is 66.8. The molecule has 0 aliphatic heterocycles. The molecule has 0 heterocycles. The van der Waals surface area contributed by atoms with Crippen LogP contribution in [-0.2, 0) is 29.3 Å². The Balaban J connectivity index is -0.0000000231. The third kappa shape index (κ3) is 336. The summed E-state index contributed by atoms with van der Waals surface area (Å²) in [5, 5.41) is 7.42. The maximum atomic E-state index is 9.00. The zero-order valence-corrected chi connectivity index (χ0v) is 14.3. The van der Waals surface area contributed by atoms with E-state index >= 15 is 0 Å². The van der Waals surface area contributed by atoms with E-state index in [1.54, 1.807) is 0 Å². The van der Waals surface area contributed by atoms with Gasteiger partial charge in [-0.15, -0.1) is 11.4 Å². The van der Waals surface area contributed by atoms with Crippen molar-refractivity contribution >= 4 is 37.5 Å². The van der Waals surface area contributed by atoms with Gasteiger partial charge < -0.3 is 14.2 Å². The molecule has 0 atom stereocenters. The summed E-state index contributed by atoms with van der Waals surface area (Å²) < 4.78 is 25.3. The number of aliphatic carboxylic acids is 1. The van der Waals surface area contributed by atoms with Gasteiger partial charge >= 0.3 is 92.4 Å². The number of hydrogen-bond acceptors (Lipinski definition) is 4. The topological polar surface area (TPSA) is 100 Å². The molecule has 0 saturated heterocycles. The minimum absolute atomic E-state index is 0. The maximum absolute atomic E-state index is 9.00. The van der Waals surface area contributed by atoms with Crippen molar-refractivity contribution < 1.29 is 95.5 Å². The van der Waals surface area contributed by atoms with Crippen molar-refractivity contribution in [3.05, 3.63) is 0 Å². The van der Waals surface area contributed by atoms with E-state index < -0.39 is 17.3 Å². The van der Waals surface area contributed by atoms with Gasteiger partial charge in [0.2, 0.25) is 0 Å². The quantitative estimate of drug-likeness (QED) is 0.354. The van der Waals surface area contributed by atoms with Crippen molar-refractivity contribution in [3.8, 4) is 0 Å². The van der Waals surface area contributed by atoms with Crippen LogP contribution in [0.4, 0.5) is 0 Å². The molecule has 0 aliphatic carbocycles. The molecule has 0 bridgehead atoms. The van der Waals surface area contributed by atoms with Crippen LogP contribution in [0.5, 0.6) is 0 Å². The summed E-state index contributed by atoms with van der Waals surface area (Å²) in [4.78, 5) is 9.00. The Labute approximate surface area is 138 Å². The summed E-state index contributed by atoms with van der Waals surface area (Å²) in [6.45, 7) is 1.08. The molecule has 0 spiro atoms. The molecular formula is C2H4Cl2CuNa2O5S. The number of carbonyl (C=O) groups is 1. The van der Waals surface area contributed by atoms with Gasteiger partial charge in [-0.2, -0.15) is 0 Å². The Hall–Kier alpha value is 2.64. The summed E-state index contributed by atoms with van der Waals surface area (Å²) >= 11 is -2.35. The van der Waals surface area contributed by atoms with E-state index in [-0.39, 0.29) is 59.1 Å². The van der Waals surface area contributed by atoms with Crippen LogP contribution in [0.15, 0.2) is 0 Å². The third-order valence-electron chi connectivity index (χ3n) is 0. The second-order valence-electron chi connectivity index (χ2n) is 0.766. The van der Waals surface area contributed by atoms with Crippen LogP contribution in [0.25, 0.3) is 0 Å². The molecule has 11 heteroatoms. The molecule has 0 saturated carbocycles. The fourth-order valence-electron chi connectivity index (χ4n) is 0. The van der Waals surface area contributed by atoms with Crippen molar-refractivity contribution in [2.45, 2.75) is 6.92 Å². The van der Waals surface area contributed by atoms with E-state index in [1.807, 2.05) is 0 Å².